The Morgan fingerprint density at radius 1 is 1.56 bits per heavy atom. The Morgan fingerprint density at radius 3 is 2.94 bits per heavy atom. The number of anilines is 1. The van der Waals surface area contributed by atoms with Crippen molar-refractivity contribution in [3.05, 3.63) is 33.1 Å². The molecular weight excluding hydrogens is 272 g/mol. The Kier molecular flexibility index (Phi) is 3.05. The van der Waals surface area contributed by atoms with Crippen LogP contribution >= 0.6 is 15.9 Å². The molecule has 0 saturated carbocycles. The van der Waals surface area contributed by atoms with E-state index in [9.17, 15) is 9.70 Å². The first-order valence-corrected chi connectivity index (χ1v) is 5.83. The molecule has 0 radical (unpaired) electrons. The first-order chi connectivity index (χ1) is 7.63. The van der Waals surface area contributed by atoms with Crippen molar-refractivity contribution in [2.75, 3.05) is 11.4 Å². The summed E-state index contributed by atoms with van der Waals surface area (Å²) >= 11 is 3.36. The van der Waals surface area contributed by atoms with Crippen LogP contribution in [-0.2, 0) is 4.79 Å². The molecule has 1 unspecified atom stereocenters. The van der Waals surface area contributed by atoms with Crippen LogP contribution in [0.3, 0.4) is 0 Å². The lowest BCUT2D eigenvalue weighted by atomic mass is 9.97. The van der Waals surface area contributed by atoms with Crippen LogP contribution in [0.25, 0.3) is 0 Å². The monoisotopic (exact) mass is 282 g/mol. The van der Waals surface area contributed by atoms with Gasteiger partial charge in [-0.1, -0.05) is 21.1 Å². The molecule has 5 heteroatoms. The summed E-state index contributed by atoms with van der Waals surface area (Å²) in [6.45, 7) is 2.08. The van der Waals surface area contributed by atoms with Crippen LogP contribution in [0.4, 0.5) is 5.69 Å². The van der Waals surface area contributed by atoms with Crippen LogP contribution in [0.2, 0.25) is 0 Å². The molecule has 1 aromatic rings. The van der Waals surface area contributed by atoms with Gasteiger partial charge in [0.2, 0.25) is 5.91 Å². The normalized spacial score (nSPS) is 19.1. The molecule has 1 heterocycles. The molecule has 0 aromatic heterocycles. The maximum Gasteiger partial charge on any atom is 0.223 e. The largest absolute Gasteiger partial charge is 0.312 e. The molecule has 1 aliphatic rings. The van der Waals surface area contributed by atoms with Gasteiger partial charge in [0.25, 0.3) is 0 Å². The number of hydrogen-bond donors (Lipinski definition) is 0. The zero-order valence-corrected chi connectivity index (χ0v) is 10.4. The molecule has 1 aliphatic heterocycles. The van der Waals surface area contributed by atoms with E-state index in [0.717, 1.165) is 15.7 Å². The van der Waals surface area contributed by atoms with Crippen molar-refractivity contribution >= 4 is 27.5 Å². The molecule has 1 aromatic carbocycles. The van der Waals surface area contributed by atoms with E-state index >= 15 is 0 Å². The van der Waals surface area contributed by atoms with E-state index in [1.165, 1.54) is 6.92 Å². The van der Waals surface area contributed by atoms with Crippen LogP contribution in [-0.4, -0.2) is 12.5 Å². The average molecular weight is 283 g/mol. The standard InChI is InChI=1S/C11H11BrN2O2/c1-7(15)14-5-4-10(13-16)9-6-8(12)2-3-11(9)14/h2-3,6,10H,4-5H2,1H3. The van der Waals surface area contributed by atoms with E-state index in [1.807, 2.05) is 18.2 Å². The number of benzene rings is 1. The van der Waals surface area contributed by atoms with Crippen molar-refractivity contribution in [2.24, 2.45) is 5.18 Å². The van der Waals surface area contributed by atoms with Crippen LogP contribution in [0, 0.1) is 4.91 Å². The molecule has 1 amide bonds. The highest BCUT2D eigenvalue weighted by atomic mass is 79.9. The Balaban J connectivity index is 2.52. The van der Waals surface area contributed by atoms with Gasteiger partial charge in [-0.25, -0.2) is 0 Å². The maximum absolute atomic E-state index is 11.4. The summed E-state index contributed by atoms with van der Waals surface area (Å²) in [5, 5.41) is 3.11. The van der Waals surface area contributed by atoms with Gasteiger partial charge in [-0.05, 0) is 24.6 Å². The molecule has 0 saturated heterocycles. The number of nitrogens with zero attached hydrogens (tertiary/aromatic N) is 2. The lowest BCUT2D eigenvalue weighted by Gasteiger charge is -2.30. The molecule has 84 valence electrons. The molecule has 0 bridgehead atoms. The molecule has 4 nitrogen and oxygen atoms in total. The van der Waals surface area contributed by atoms with Gasteiger partial charge >= 0.3 is 0 Å². The molecule has 0 N–H and O–H groups in total. The van der Waals surface area contributed by atoms with E-state index in [-0.39, 0.29) is 11.9 Å². The number of carbonyl (C=O) groups excluding carboxylic acids is 1. The highest BCUT2D eigenvalue weighted by Gasteiger charge is 2.27. The number of carbonyl (C=O) groups is 1. The predicted molar refractivity (Wildman–Crippen MR) is 65.3 cm³/mol. The first-order valence-electron chi connectivity index (χ1n) is 5.03. The number of fused-ring (bicyclic) bond motifs is 1. The zero-order chi connectivity index (χ0) is 11.7. The van der Waals surface area contributed by atoms with E-state index < -0.39 is 0 Å². The fourth-order valence-corrected chi connectivity index (χ4v) is 2.38. The Labute approximate surface area is 102 Å². The molecule has 16 heavy (non-hydrogen) atoms. The molecular formula is C11H11BrN2O2. The van der Waals surface area contributed by atoms with Gasteiger partial charge < -0.3 is 4.90 Å². The second kappa shape index (κ2) is 4.33. The van der Waals surface area contributed by atoms with Crippen molar-refractivity contribution < 1.29 is 4.79 Å². The number of amides is 1. The Morgan fingerprint density at radius 2 is 2.31 bits per heavy atom. The summed E-state index contributed by atoms with van der Waals surface area (Å²) in [7, 11) is 0. The second-order valence-corrected chi connectivity index (χ2v) is 4.70. The summed E-state index contributed by atoms with van der Waals surface area (Å²) < 4.78 is 0.894. The van der Waals surface area contributed by atoms with Gasteiger partial charge in [0.15, 0.2) is 0 Å². The fraction of sp³-hybridized carbons (Fsp3) is 0.364. The van der Waals surface area contributed by atoms with Crippen molar-refractivity contribution in [3.63, 3.8) is 0 Å². The summed E-state index contributed by atoms with van der Waals surface area (Å²) in [4.78, 5) is 23.9. The predicted octanol–water partition coefficient (Wildman–Crippen LogP) is 3.01. The highest BCUT2D eigenvalue weighted by molar-refractivity contribution is 9.10. The maximum atomic E-state index is 11.4. The molecule has 1 atom stereocenters. The van der Waals surface area contributed by atoms with Gasteiger partial charge in [-0.3, -0.25) is 4.79 Å². The van der Waals surface area contributed by atoms with E-state index in [1.54, 1.807) is 4.90 Å². The SMILES string of the molecule is CC(=O)N1CCC(N=O)c2cc(Br)ccc21. The first kappa shape index (κ1) is 11.3. The third kappa shape index (κ3) is 1.87. The van der Waals surface area contributed by atoms with Gasteiger partial charge in [-0.15, -0.1) is 0 Å². The van der Waals surface area contributed by atoms with E-state index in [0.29, 0.717) is 13.0 Å². The smallest absolute Gasteiger partial charge is 0.223 e. The van der Waals surface area contributed by atoms with E-state index in [2.05, 4.69) is 21.1 Å². The fourth-order valence-electron chi connectivity index (χ4n) is 2.00. The van der Waals surface area contributed by atoms with Crippen LogP contribution in [0.15, 0.2) is 27.8 Å². The van der Waals surface area contributed by atoms with Gasteiger partial charge in [-0.2, -0.15) is 4.91 Å². The average Bonchev–Trinajstić information content (AvgIpc) is 2.27. The third-order valence-corrected chi connectivity index (χ3v) is 3.27. The van der Waals surface area contributed by atoms with Crippen molar-refractivity contribution in [1.29, 1.82) is 0 Å². The molecule has 0 fully saturated rings. The van der Waals surface area contributed by atoms with Gasteiger partial charge in [0, 0.05) is 29.2 Å². The summed E-state index contributed by atoms with van der Waals surface area (Å²) in [5.41, 5.74) is 1.62. The second-order valence-electron chi connectivity index (χ2n) is 3.78. The summed E-state index contributed by atoms with van der Waals surface area (Å²) in [6, 6.07) is 5.22. The molecule has 2 rings (SSSR count). The summed E-state index contributed by atoms with van der Waals surface area (Å²) in [5.74, 6) is -0.00655. The topological polar surface area (TPSA) is 49.7 Å². The summed E-state index contributed by atoms with van der Waals surface area (Å²) in [6.07, 6.45) is 0.590. The zero-order valence-electron chi connectivity index (χ0n) is 8.81. The minimum Gasteiger partial charge on any atom is -0.312 e. The molecule has 0 spiro atoms. The quantitative estimate of drug-likeness (QED) is 0.744. The van der Waals surface area contributed by atoms with Crippen molar-refractivity contribution in [1.82, 2.24) is 0 Å². The van der Waals surface area contributed by atoms with Crippen LogP contribution < -0.4 is 4.90 Å². The van der Waals surface area contributed by atoms with Crippen LogP contribution in [0.5, 0.6) is 0 Å². The number of nitroso groups, excluding NO2 is 1. The van der Waals surface area contributed by atoms with E-state index in [4.69, 9.17) is 0 Å². The van der Waals surface area contributed by atoms with Gasteiger partial charge in [0.1, 0.15) is 6.04 Å². The third-order valence-electron chi connectivity index (χ3n) is 2.77. The Bertz CT molecular complexity index is 448. The minimum atomic E-state index is -0.344. The minimum absolute atomic E-state index is 0.00655. The number of rotatable bonds is 1. The van der Waals surface area contributed by atoms with Gasteiger partial charge in [0.05, 0.1) is 0 Å². The van der Waals surface area contributed by atoms with Crippen molar-refractivity contribution in [3.8, 4) is 0 Å². The lowest BCUT2D eigenvalue weighted by molar-refractivity contribution is -0.116. The number of hydrogen-bond acceptors (Lipinski definition) is 3. The molecule has 0 aliphatic carbocycles. The lowest BCUT2D eigenvalue weighted by Crippen LogP contribution is -2.34. The highest BCUT2D eigenvalue weighted by Crippen LogP contribution is 2.37. The van der Waals surface area contributed by atoms with Crippen molar-refractivity contribution in [2.45, 2.75) is 19.4 Å². The number of halogens is 1. The van der Waals surface area contributed by atoms with Crippen LogP contribution in [0.1, 0.15) is 24.9 Å². The Hall–Kier alpha value is -1.23.